The summed E-state index contributed by atoms with van der Waals surface area (Å²) in [5.74, 6) is 0.384. The van der Waals surface area contributed by atoms with Crippen LogP contribution in [0.5, 0.6) is 11.5 Å². The molecule has 0 unspecified atom stereocenters. The van der Waals surface area contributed by atoms with Gasteiger partial charge in [0.1, 0.15) is 29.5 Å². The molecule has 80 valence electrons. The largest absolute Gasteiger partial charge is 0.508 e. The van der Waals surface area contributed by atoms with Gasteiger partial charge in [0, 0.05) is 5.56 Å². The van der Waals surface area contributed by atoms with E-state index in [1.807, 2.05) is 0 Å². The summed E-state index contributed by atoms with van der Waals surface area (Å²) in [6.45, 7) is 1.46. The lowest BCUT2D eigenvalue weighted by Crippen LogP contribution is -2.26. The van der Waals surface area contributed by atoms with Crippen LogP contribution in [0.1, 0.15) is 12.5 Å². The Labute approximate surface area is 87.5 Å². The molecular weight excluding hydrogens is 196 g/mol. The number of phenolic OH excluding ortho intramolecular Hbond substituents is 1. The molecule has 0 radical (unpaired) electrons. The quantitative estimate of drug-likeness (QED) is 0.593. The number of aromatic hydroxyl groups is 1. The Morgan fingerprint density at radius 3 is 2.40 bits per heavy atom. The highest BCUT2D eigenvalue weighted by atomic mass is 16.5. The molecule has 0 heterocycles. The number of benzene rings is 1. The standard InChI is InChI=1S/C11H12O4/c1-11(6-12,7-13)9-5-8(14)3-4-10(9)15-2/h3-7,14H,1-2H3. The molecule has 0 aromatic heterocycles. The molecule has 0 saturated heterocycles. The molecule has 0 aliphatic rings. The summed E-state index contributed by atoms with van der Waals surface area (Å²) < 4.78 is 5.02. The highest BCUT2D eigenvalue weighted by Gasteiger charge is 2.29. The van der Waals surface area contributed by atoms with E-state index in [9.17, 15) is 14.7 Å². The van der Waals surface area contributed by atoms with Crippen molar-refractivity contribution in [2.24, 2.45) is 0 Å². The van der Waals surface area contributed by atoms with Crippen LogP contribution in [0.15, 0.2) is 18.2 Å². The second-order valence-electron chi connectivity index (χ2n) is 3.40. The molecule has 0 fully saturated rings. The fraction of sp³-hybridized carbons (Fsp3) is 0.273. The first kappa shape index (κ1) is 11.2. The van der Waals surface area contributed by atoms with Crippen LogP contribution in [0, 0.1) is 0 Å². The van der Waals surface area contributed by atoms with E-state index in [1.165, 1.54) is 32.2 Å². The Morgan fingerprint density at radius 1 is 1.33 bits per heavy atom. The van der Waals surface area contributed by atoms with Crippen LogP contribution >= 0.6 is 0 Å². The third-order valence-electron chi connectivity index (χ3n) is 2.25. The van der Waals surface area contributed by atoms with Crippen LogP contribution in [0.4, 0.5) is 0 Å². The molecule has 0 saturated carbocycles. The van der Waals surface area contributed by atoms with E-state index in [4.69, 9.17) is 4.74 Å². The Hall–Kier alpha value is -1.84. The lowest BCUT2D eigenvalue weighted by molar-refractivity contribution is -0.120. The van der Waals surface area contributed by atoms with Crippen LogP contribution in [0.25, 0.3) is 0 Å². The molecule has 1 aromatic carbocycles. The van der Waals surface area contributed by atoms with Gasteiger partial charge in [0.2, 0.25) is 0 Å². The van der Waals surface area contributed by atoms with E-state index < -0.39 is 5.41 Å². The molecule has 1 N–H and O–H groups in total. The van der Waals surface area contributed by atoms with Crippen molar-refractivity contribution in [3.05, 3.63) is 23.8 Å². The predicted molar refractivity (Wildman–Crippen MR) is 54.1 cm³/mol. The van der Waals surface area contributed by atoms with Gasteiger partial charge in [-0.05, 0) is 25.1 Å². The highest BCUT2D eigenvalue weighted by Crippen LogP contribution is 2.31. The first-order valence-corrected chi connectivity index (χ1v) is 4.37. The van der Waals surface area contributed by atoms with Crippen molar-refractivity contribution in [3.8, 4) is 11.5 Å². The zero-order valence-corrected chi connectivity index (χ0v) is 8.56. The van der Waals surface area contributed by atoms with E-state index in [0.717, 1.165) is 0 Å². The van der Waals surface area contributed by atoms with Crippen LogP contribution in [-0.2, 0) is 15.0 Å². The van der Waals surface area contributed by atoms with Gasteiger partial charge in [-0.1, -0.05) is 0 Å². The number of phenols is 1. The number of aldehydes is 2. The van der Waals surface area contributed by atoms with E-state index in [1.54, 1.807) is 0 Å². The van der Waals surface area contributed by atoms with Gasteiger partial charge >= 0.3 is 0 Å². The number of hydrogen-bond acceptors (Lipinski definition) is 4. The maximum atomic E-state index is 10.9. The maximum Gasteiger partial charge on any atom is 0.137 e. The summed E-state index contributed by atoms with van der Waals surface area (Å²) in [7, 11) is 1.44. The van der Waals surface area contributed by atoms with Gasteiger partial charge < -0.3 is 19.4 Å². The van der Waals surface area contributed by atoms with Gasteiger partial charge in [0.15, 0.2) is 0 Å². The zero-order valence-electron chi connectivity index (χ0n) is 8.56. The zero-order chi connectivity index (χ0) is 11.5. The predicted octanol–water partition coefficient (Wildman–Crippen LogP) is 1.06. The van der Waals surface area contributed by atoms with E-state index in [2.05, 4.69) is 0 Å². The third-order valence-corrected chi connectivity index (χ3v) is 2.25. The Morgan fingerprint density at radius 2 is 1.93 bits per heavy atom. The second-order valence-corrected chi connectivity index (χ2v) is 3.40. The summed E-state index contributed by atoms with van der Waals surface area (Å²) >= 11 is 0. The summed E-state index contributed by atoms with van der Waals surface area (Å²) in [5.41, 5.74) is -0.931. The summed E-state index contributed by atoms with van der Waals surface area (Å²) in [4.78, 5) is 21.7. The Kier molecular flexibility index (Phi) is 3.09. The number of carbonyl (C=O) groups excluding carboxylic acids is 2. The molecule has 0 aliphatic heterocycles. The smallest absolute Gasteiger partial charge is 0.137 e. The molecule has 0 bridgehead atoms. The van der Waals surface area contributed by atoms with Crippen LogP contribution in [-0.4, -0.2) is 24.8 Å². The summed E-state index contributed by atoms with van der Waals surface area (Å²) in [5, 5.41) is 9.30. The minimum Gasteiger partial charge on any atom is -0.508 e. The average molecular weight is 208 g/mol. The van der Waals surface area contributed by atoms with Crippen LogP contribution in [0.3, 0.4) is 0 Å². The van der Waals surface area contributed by atoms with Crippen LogP contribution in [0.2, 0.25) is 0 Å². The second kappa shape index (κ2) is 4.13. The normalized spacial score (nSPS) is 10.8. The number of hydrogen-bond donors (Lipinski definition) is 1. The molecule has 0 amide bonds. The average Bonchev–Trinajstić information content (AvgIpc) is 2.28. The van der Waals surface area contributed by atoms with Crippen molar-refractivity contribution in [1.29, 1.82) is 0 Å². The van der Waals surface area contributed by atoms with Crippen molar-refractivity contribution in [3.63, 3.8) is 0 Å². The Balaban J connectivity index is 3.38. The fourth-order valence-electron chi connectivity index (χ4n) is 1.27. The topological polar surface area (TPSA) is 63.6 Å². The van der Waals surface area contributed by atoms with Crippen molar-refractivity contribution in [2.75, 3.05) is 7.11 Å². The molecular formula is C11H12O4. The van der Waals surface area contributed by atoms with Gasteiger partial charge in [-0.3, -0.25) is 0 Å². The van der Waals surface area contributed by atoms with Gasteiger partial charge in [-0.15, -0.1) is 0 Å². The number of carbonyl (C=O) groups is 2. The van der Waals surface area contributed by atoms with Crippen molar-refractivity contribution >= 4 is 12.6 Å². The van der Waals surface area contributed by atoms with Gasteiger partial charge in [0.05, 0.1) is 7.11 Å². The monoisotopic (exact) mass is 208 g/mol. The molecule has 1 aromatic rings. The minimum absolute atomic E-state index is 0.0132. The van der Waals surface area contributed by atoms with Gasteiger partial charge in [0.25, 0.3) is 0 Å². The number of methoxy groups -OCH3 is 1. The molecule has 15 heavy (non-hydrogen) atoms. The van der Waals surface area contributed by atoms with Gasteiger partial charge in [-0.2, -0.15) is 0 Å². The SMILES string of the molecule is COc1ccc(O)cc1C(C)(C=O)C=O. The van der Waals surface area contributed by atoms with Gasteiger partial charge in [-0.25, -0.2) is 0 Å². The molecule has 1 rings (SSSR count). The highest BCUT2D eigenvalue weighted by molar-refractivity contribution is 5.92. The fourth-order valence-corrected chi connectivity index (χ4v) is 1.27. The number of ether oxygens (including phenoxy) is 1. The third kappa shape index (κ3) is 1.98. The van der Waals surface area contributed by atoms with Crippen molar-refractivity contribution < 1.29 is 19.4 Å². The van der Waals surface area contributed by atoms with Crippen molar-refractivity contribution in [1.82, 2.24) is 0 Å². The molecule has 0 spiro atoms. The van der Waals surface area contributed by atoms with E-state index >= 15 is 0 Å². The van der Waals surface area contributed by atoms with Crippen LogP contribution < -0.4 is 4.74 Å². The first-order valence-electron chi connectivity index (χ1n) is 4.37. The lowest BCUT2D eigenvalue weighted by Gasteiger charge is -2.19. The summed E-state index contributed by atoms with van der Waals surface area (Å²) in [6.07, 6.45) is 1.05. The molecule has 4 heteroatoms. The van der Waals surface area contributed by atoms with E-state index in [0.29, 0.717) is 23.9 Å². The maximum absolute atomic E-state index is 10.9. The molecule has 0 atom stereocenters. The van der Waals surface area contributed by atoms with E-state index in [-0.39, 0.29) is 5.75 Å². The Bertz CT molecular complexity index is 376. The molecule has 4 nitrogen and oxygen atoms in total. The number of rotatable bonds is 4. The van der Waals surface area contributed by atoms with Crippen molar-refractivity contribution in [2.45, 2.75) is 12.3 Å². The first-order chi connectivity index (χ1) is 7.07. The molecule has 0 aliphatic carbocycles. The lowest BCUT2D eigenvalue weighted by atomic mass is 9.85. The minimum atomic E-state index is -1.29. The summed E-state index contributed by atoms with van der Waals surface area (Å²) in [6, 6.07) is 4.29.